The van der Waals surface area contributed by atoms with Gasteiger partial charge >= 0.3 is 5.97 Å². The molecule has 0 fully saturated rings. The van der Waals surface area contributed by atoms with Gasteiger partial charge in [0.15, 0.2) is 12.7 Å². The third-order valence-electron chi connectivity index (χ3n) is 3.42. The molecule has 0 bridgehead atoms. The summed E-state index contributed by atoms with van der Waals surface area (Å²) in [7, 11) is 0. The predicted molar refractivity (Wildman–Crippen MR) is 95.0 cm³/mol. The molecule has 1 amide bonds. The number of carbonyl (C=O) groups excluding carboxylic acids is 2. The second-order valence-corrected chi connectivity index (χ2v) is 5.50. The van der Waals surface area contributed by atoms with Crippen LogP contribution in [0.3, 0.4) is 0 Å². The quantitative estimate of drug-likeness (QED) is 0.356. The minimum absolute atomic E-state index is 0.00918. The third kappa shape index (κ3) is 9.02. The number of hydrogen-bond acceptors (Lipinski definition) is 5. The molecule has 0 aliphatic carbocycles. The fourth-order valence-electron chi connectivity index (χ4n) is 1.97. The molecule has 1 aromatic rings. The number of nitrogens with one attached hydrogen (secondary N) is 1. The molecular formula is C19H27NO5. The minimum atomic E-state index is -0.723. The molecule has 0 aliphatic rings. The number of esters is 1. The van der Waals surface area contributed by atoms with E-state index in [1.54, 1.807) is 6.92 Å². The highest BCUT2D eigenvalue weighted by Gasteiger charge is 2.15. The zero-order valence-corrected chi connectivity index (χ0v) is 14.9. The molecule has 2 atom stereocenters. The molecule has 1 aromatic carbocycles. The maximum atomic E-state index is 11.6. The number of amides is 1. The molecule has 138 valence electrons. The molecule has 6 heteroatoms. The number of ether oxygens (including phenoxy) is 3. The topological polar surface area (TPSA) is 73.9 Å². The Balaban J connectivity index is 2.08. The number of benzene rings is 1. The largest absolute Gasteiger partial charge is 0.454 e. The van der Waals surface area contributed by atoms with E-state index in [9.17, 15) is 9.59 Å². The van der Waals surface area contributed by atoms with Crippen molar-refractivity contribution >= 4 is 11.9 Å². The van der Waals surface area contributed by atoms with Crippen LogP contribution in [0.4, 0.5) is 0 Å². The van der Waals surface area contributed by atoms with Crippen LogP contribution in [-0.4, -0.2) is 44.3 Å². The van der Waals surface area contributed by atoms with Crippen molar-refractivity contribution in [3.05, 3.63) is 48.6 Å². The van der Waals surface area contributed by atoms with E-state index in [1.165, 1.54) is 6.08 Å². The second kappa shape index (κ2) is 12.2. The number of hydrogen-bond donors (Lipinski definition) is 1. The molecule has 0 aliphatic heterocycles. The van der Waals surface area contributed by atoms with Gasteiger partial charge in [0.1, 0.15) is 0 Å². The third-order valence-corrected chi connectivity index (χ3v) is 3.42. The van der Waals surface area contributed by atoms with Crippen LogP contribution in [0.15, 0.2) is 43.0 Å². The molecule has 0 spiro atoms. The fraction of sp³-hybridized carbons (Fsp3) is 0.474. The first kappa shape index (κ1) is 20.9. The summed E-state index contributed by atoms with van der Waals surface area (Å²) in [6.45, 7) is 7.97. The van der Waals surface area contributed by atoms with Gasteiger partial charge in [-0.05, 0) is 25.8 Å². The summed E-state index contributed by atoms with van der Waals surface area (Å²) < 4.78 is 15.7. The lowest BCUT2D eigenvalue weighted by molar-refractivity contribution is -0.158. The van der Waals surface area contributed by atoms with Crippen molar-refractivity contribution in [2.45, 2.75) is 32.5 Å². The summed E-state index contributed by atoms with van der Waals surface area (Å²) in [5, 5.41) is 2.68. The van der Waals surface area contributed by atoms with Gasteiger partial charge in [-0.2, -0.15) is 0 Å². The Hall–Kier alpha value is -2.18. The van der Waals surface area contributed by atoms with E-state index in [-0.39, 0.29) is 25.2 Å². The van der Waals surface area contributed by atoms with Gasteiger partial charge in [0.05, 0.1) is 12.7 Å². The van der Waals surface area contributed by atoms with Crippen LogP contribution in [0.5, 0.6) is 0 Å². The fourth-order valence-corrected chi connectivity index (χ4v) is 1.97. The summed E-state index contributed by atoms with van der Waals surface area (Å²) in [5.41, 5.74) is 1.12. The van der Waals surface area contributed by atoms with E-state index < -0.39 is 12.1 Å². The van der Waals surface area contributed by atoms with Crippen LogP contribution in [-0.2, 0) is 23.8 Å². The maximum absolute atomic E-state index is 11.6. The molecule has 0 radical (unpaired) electrons. The average Bonchev–Trinajstić information content (AvgIpc) is 2.64. The Kier molecular flexibility index (Phi) is 10.2. The first-order valence-corrected chi connectivity index (χ1v) is 8.37. The van der Waals surface area contributed by atoms with Crippen LogP contribution < -0.4 is 5.32 Å². The molecule has 1 N–H and O–H groups in total. The van der Waals surface area contributed by atoms with Gasteiger partial charge in [0.25, 0.3) is 5.91 Å². The molecule has 25 heavy (non-hydrogen) atoms. The van der Waals surface area contributed by atoms with Crippen LogP contribution in [0.2, 0.25) is 0 Å². The molecule has 0 aromatic heterocycles. The maximum Gasteiger partial charge on any atom is 0.335 e. The van der Waals surface area contributed by atoms with E-state index in [2.05, 4.69) is 11.9 Å². The van der Waals surface area contributed by atoms with E-state index in [0.717, 1.165) is 5.56 Å². The molecule has 6 nitrogen and oxygen atoms in total. The SMILES string of the molecule is C=CCOC(C)C(=O)OCC(=O)NCCCOC(C)c1ccccc1. The van der Waals surface area contributed by atoms with Crippen molar-refractivity contribution in [3.63, 3.8) is 0 Å². The van der Waals surface area contributed by atoms with Crippen molar-refractivity contribution in [2.24, 2.45) is 0 Å². The lowest BCUT2D eigenvalue weighted by Crippen LogP contribution is -2.32. The van der Waals surface area contributed by atoms with Gasteiger partial charge in [-0.25, -0.2) is 4.79 Å². The summed E-state index contributed by atoms with van der Waals surface area (Å²) in [5.74, 6) is -0.919. The summed E-state index contributed by atoms with van der Waals surface area (Å²) in [6, 6.07) is 9.94. The van der Waals surface area contributed by atoms with Gasteiger partial charge in [0, 0.05) is 13.2 Å². The van der Waals surface area contributed by atoms with Crippen molar-refractivity contribution in [3.8, 4) is 0 Å². The Labute approximate surface area is 149 Å². The first-order chi connectivity index (χ1) is 12.0. The van der Waals surface area contributed by atoms with Crippen LogP contribution in [0, 0.1) is 0 Å². The highest BCUT2D eigenvalue weighted by Crippen LogP contribution is 2.15. The summed E-state index contributed by atoms with van der Waals surface area (Å²) >= 11 is 0. The first-order valence-electron chi connectivity index (χ1n) is 8.37. The van der Waals surface area contributed by atoms with Crippen molar-refractivity contribution in [1.29, 1.82) is 0 Å². The van der Waals surface area contributed by atoms with Gasteiger partial charge in [-0.3, -0.25) is 4.79 Å². The summed E-state index contributed by atoms with van der Waals surface area (Å²) in [4.78, 5) is 23.2. The molecule has 0 saturated carbocycles. The van der Waals surface area contributed by atoms with Crippen LogP contribution in [0.25, 0.3) is 0 Å². The average molecular weight is 349 g/mol. The van der Waals surface area contributed by atoms with Crippen molar-refractivity contribution < 1.29 is 23.8 Å². The van der Waals surface area contributed by atoms with Crippen molar-refractivity contribution in [1.82, 2.24) is 5.32 Å². The van der Waals surface area contributed by atoms with Gasteiger partial charge in [0.2, 0.25) is 0 Å². The Morgan fingerprint density at radius 2 is 1.92 bits per heavy atom. The smallest absolute Gasteiger partial charge is 0.335 e. The van der Waals surface area contributed by atoms with Gasteiger partial charge in [-0.15, -0.1) is 6.58 Å². The molecule has 0 saturated heterocycles. The lowest BCUT2D eigenvalue weighted by Gasteiger charge is -2.14. The Morgan fingerprint density at radius 1 is 1.20 bits per heavy atom. The Bertz CT molecular complexity index is 532. The zero-order valence-electron chi connectivity index (χ0n) is 14.9. The molecular weight excluding hydrogens is 322 g/mol. The van der Waals surface area contributed by atoms with Crippen molar-refractivity contribution in [2.75, 3.05) is 26.4 Å². The number of rotatable bonds is 12. The lowest BCUT2D eigenvalue weighted by atomic mass is 10.1. The van der Waals surface area contributed by atoms with E-state index in [4.69, 9.17) is 14.2 Å². The van der Waals surface area contributed by atoms with Gasteiger partial charge < -0.3 is 19.5 Å². The predicted octanol–water partition coefficient (Wildman–Crippen LogP) is 2.40. The normalized spacial score (nSPS) is 12.9. The summed E-state index contributed by atoms with van der Waals surface area (Å²) in [6.07, 6.45) is 1.50. The van der Waals surface area contributed by atoms with E-state index in [0.29, 0.717) is 19.6 Å². The molecule has 2 unspecified atom stereocenters. The standard InChI is InChI=1S/C19H27NO5/c1-4-12-23-16(3)19(22)25-14-18(21)20-11-8-13-24-15(2)17-9-6-5-7-10-17/h4-7,9-10,15-16H,1,8,11-14H2,2-3H3,(H,20,21). The second-order valence-electron chi connectivity index (χ2n) is 5.50. The highest BCUT2D eigenvalue weighted by atomic mass is 16.6. The molecule has 1 rings (SSSR count). The van der Waals surface area contributed by atoms with Crippen LogP contribution >= 0.6 is 0 Å². The minimum Gasteiger partial charge on any atom is -0.454 e. The highest BCUT2D eigenvalue weighted by molar-refractivity contribution is 5.81. The van der Waals surface area contributed by atoms with E-state index in [1.807, 2.05) is 37.3 Å². The molecule has 0 heterocycles. The Morgan fingerprint density at radius 3 is 2.60 bits per heavy atom. The monoisotopic (exact) mass is 349 g/mol. The number of carbonyl (C=O) groups is 2. The van der Waals surface area contributed by atoms with E-state index >= 15 is 0 Å². The van der Waals surface area contributed by atoms with Gasteiger partial charge in [-0.1, -0.05) is 36.4 Å². The van der Waals surface area contributed by atoms with Crippen LogP contribution in [0.1, 0.15) is 31.9 Å². The zero-order chi connectivity index (χ0) is 18.5.